The molecule has 2 fully saturated rings. The Labute approximate surface area is 211 Å². The van der Waals surface area contributed by atoms with Gasteiger partial charge >= 0.3 is 11.9 Å². The van der Waals surface area contributed by atoms with Crippen molar-refractivity contribution in [1.82, 2.24) is 10.6 Å². The number of benzene rings is 1. The van der Waals surface area contributed by atoms with Crippen LogP contribution < -0.4 is 10.6 Å². The molecule has 4 amide bonds. The van der Waals surface area contributed by atoms with Crippen molar-refractivity contribution >= 4 is 35.7 Å². The largest absolute Gasteiger partial charge is 0.426 e. The van der Waals surface area contributed by atoms with Gasteiger partial charge in [-0.3, -0.25) is 10.1 Å². The molecule has 0 aromatic heterocycles. The van der Waals surface area contributed by atoms with Gasteiger partial charge in [0.25, 0.3) is 5.91 Å². The molecule has 2 N–H and O–H groups in total. The Hall–Kier alpha value is -2.33. The molecule has 2 saturated heterocycles. The van der Waals surface area contributed by atoms with Crippen molar-refractivity contribution in [3.63, 3.8) is 0 Å². The van der Waals surface area contributed by atoms with Crippen molar-refractivity contribution in [2.75, 3.05) is 19.7 Å². The van der Waals surface area contributed by atoms with Crippen LogP contribution in [-0.2, 0) is 19.1 Å². The van der Waals surface area contributed by atoms with Crippen LogP contribution in [0.5, 0.6) is 0 Å². The Morgan fingerprint density at radius 1 is 1.20 bits per heavy atom. The second-order valence-electron chi connectivity index (χ2n) is 10.1. The summed E-state index contributed by atoms with van der Waals surface area (Å²) in [5, 5.41) is 6.01. The third-order valence-corrected chi connectivity index (χ3v) is 6.78. The zero-order chi connectivity index (χ0) is 25.6. The lowest BCUT2D eigenvalue weighted by atomic mass is 9.85. The van der Waals surface area contributed by atoms with Crippen molar-refractivity contribution in [3.05, 3.63) is 34.9 Å². The van der Waals surface area contributed by atoms with Gasteiger partial charge in [0.05, 0.1) is 30.3 Å². The number of carbonyl (C=O) groups is 4. The molecular formula is C25H35ClN3O6+. The fraction of sp³-hybridized carbons (Fsp3) is 0.600. The Bertz CT molecular complexity index is 941. The van der Waals surface area contributed by atoms with Crippen LogP contribution in [0, 0.1) is 5.41 Å². The zero-order valence-electron chi connectivity index (χ0n) is 20.6. The number of nitrogens with zero attached hydrogens (tertiary/aromatic N) is 1. The molecule has 35 heavy (non-hydrogen) atoms. The number of imide groups is 1. The van der Waals surface area contributed by atoms with E-state index in [1.165, 1.54) is 0 Å². The molecule has 0 spiro atoms. The van der Waals surface area contributed by atoms with E-state index in [2.05, 4.69) is 10.6 Å². The number of aldehydes is 1. The lowest BCUT2D eigenvalue weighted by Crippen LogP contribution is -2.67. The summed E-state index contributed by atoms with van der Waals surface area (Å²) in [4.78, 5) is 51.0. The predicted octanol–water partition coefficient (Wildman–Crippen LogP) is 3.40. The Balaban J connectivity index is 1.75. The quantitative estimate of drug-likeness (QED) is 0.316. The highest BCUT2D eigenvalue weighted by molar-refractivity contribution is 6.33. The summed E-state index contributed by atoms with van der Waals surface area (Å²) < 4.78 is 10.8. The molecule has 3 atom stereocenters. The molecule has 0 unspecified atom stereocenters. The maximum absolute atomic E-state index is 14.0. The number of nitrogens with one attached hydrogen (secondary N) is 2. The van der Waals surface area contributed by atoms with Crippen molar-refractivity contribution in [1.29, 1.82) is 0 Å². The van der Waals surface area contributed by atoms with E-state index in [9.17, 15) is 19.2 Å². The van der Waals surface area contributed by atoms with Crippen LogP contribution in [0.4, 0.5) is 4.79 Å². The minimum absolute atomic E-state index is 0.256. The number of rotatable bonds is 8. The number of quaternary nitrogens is 1. The Morgan fingerprint density at radius 2 is 1.89 bits per heavy atom. The number of halogens is 1. The second kappa shape index (κ2) is 11.6. The zero-order valence-corrected chi connectivity index (χ0v) is 21.3. The minimum Gasteiger partial charge on any atom is -0.352 e. The number of hydrogen-bond acceptors (Lipinski definition) is 6. The van der Waals surface area contributed by atoms with E-state index >= 15 is 0 Å². The van der Waals surface area contributed by atoms with Gasteiger partial charge in [0.1, 0.15) is 12.5 Å². The minimum atomic E-state index is -0.918. The molecule has 10 heteroatoms. The molecule has 2 aliphatic heterocycles. The first-order chi connectivity index (χ1) is 16.6. The number of amides is 4. The van der Waals surface area contributed by atoms with Gasteiger partial charge in [-0.15, -0.1) is 0 Å². The van der Waals surface area contributed by atoms with E-state index in [4.69, 9.17) is 21.1 Å². The molecule has 0 bridgehead atoms. The number of ether oxygens (including phenoxy) is 2. The lowest BCUT2D eigenvalue weighted by Gasteiger charge is -2.37. The van der Waals surface area contributed by atoms with Crippen LogP contribution in [0.1, 0.15) is 63.2 Å². The highest BCUT2D eigenvalue weighted by Gasteiger charge is 2.54. The Kier molecular flexibility index (Phi) is 9.04. The van der Waals surface area contributed by atoms with E-state index in [-0.39, 0.29) is 29.5 Å². The van der Waals surface area contributed by atoms with Crippen molar-refractivity contribution in [2.45, 2.75) is 71.4 Å². The van der Waals surface area contributed by atoms with Crippen LogP contribution in [0.15, 0.2) is 24.3 Å². The third kappa shape index (κ3) is 6.46. The summed E-state index contributed by atoms with van der Waals surface area (Å²) in [6.45, 7) is 6.53. The number of carbonyl (C=O) groups excluding carboxylic acids is 4. The maximum Gasteiger partial charge on any atom is 0.426 e. The average Bonchev–Trinajstić information content (AvgIpc) is 3.47. The SMILES string of the molecule is CC(C)(C)[C@H](NC(=O)c1ccccc1Cl)C(=O)[N+]1(C(=O)N[C@H]2CC[C@@H](OCCC=O)O2)CCCC1. The average molecular weight is 509 g/mol. The van der Waals surface area contributed by atoms with Crippen LogP contribution in [0.2, 0.25) is 5.02 Å². The van der Waals surface area contributed by atoms with Gasteiger partial charge in [-0.2, -0.15) is 4.48 Å². The van der Waals surface area contributed by atoms with Gasteiger partial charge in [-0.05, 0) is 24.0 Å². The van der Waals surface area contributed by atoms with E-state index in [0.717, 1.165) is 19.1 Å². The van der Waals surface area contributed by atoms with Gasteiger partial charge in [-0.25, -0.2) is 9.59 Å². The highest BCUT2D eigenvalue weighted by Crippen LogP contribution is 2.30. The van der Waals surface area contributed by atoms with Gasteiger partial charge in [0.15, 0.2) is 12.3 Å². The van der Waals surface area contributed by atoms with Crippen LogP contribution in [0.25, 0.3) is 0 Å². The predicted molar refractivity (Wildman–Crippen MR) is 129 cm³/mol. The topological polar surface area (TPSA) is 111 Å². The number of likely N-dealkylation sites (tertiary alicyclic amines) is 1. The van der Waals surface area contributed by atoms with E-state index in [0.29, 0.717) is 25.9 Å². The third-order valence-electron chi connectivity index (χ3n) is 6.45. The summed E-state index contributed by atoms with van der Waals surface area (Å²) in [5.74, 6) is -0.819. The molecule has 3 rings (SSSR count). The van der Waals surface area contributed by atoms with E-state index in [1.807, 2.05) is 20.8 Å². The van der Waals surface area contributed by atoms with Crippen LogP contribution >= 0.6 is 11.6 Å². The van der Waals surface area contributed by atoms with Crippen LogP contribution in [0.3, 0.4) is 0 Å². The summed E-state index contributed by atoms with van der Waals surface area (Å²) in [7, 11) is 0. The van der Waals surface area contributed by atoms with Crippen molar-refractivity contribution < 1.29 is 33.1 Å². The standard InChI is InChI=1S/C25H34ClN3O6/c1-25(2,3)21(28-22(31)17-9-4-5-10-18(17)26)23(32)29(13-6-7-14-29)24(33)27-19-11-12-20(35-19)34-16-8-15-30/h4-5,9-10,15,19-21H,6-8,11-14,16H2,1-3H3,(H-,27,28,31,33)/p+1/t19-,20+,21-/m1/s1. The number of urea groups is 1. The first-order valence-electron chi connectivity index (χ1n) is 12.1. The molecule has 0 radical (unpaired) electrons. The fourth-order valence-corrected chi connectivity index (χ4v) is 4.71. The molecule has 2 aliphatic rings. The monoisotopic (exact) mass is 508 g/mol. The van der Waals surface area contributed by atoms with Gasteiger partial charge in [0.2, 0.25) is 0 Å². The summed E-state index contributed by atoms with van der Waals surface area (Å²) in [6, 6.07) is 5.28. The lowest BCUT2D eigenvalue weighted by molar-refractivity contribution is -0.761. The summed E-state index contributed by atoms with van der Waals surface area (Å²) >= 11 is 6.19. The molecular weight excluding hydrogens is 474 g/mol. The van der Waals surface area contributed by atoms with E-state index in [1.54, 1.807) is 24.3 Å². The smallest absolute Gasteiger partial charge is 0.352 e. The second-order valence-corrected chi connectivity index (χ2v) is 10.5. The van der Waals surface area contributed by atoms with Crippen molar-refractivity contribution in [3.8, 4) is 0 Å². The molecule has 0 aliphatic carbocycles. The maximum atomic E-state index is 14.0. The highest BCUT2D eigenvalue weighted by atomic mass is 35.5. The van der Waals surface area contributed by atoms with Gasteiger partial charge in [0, 0.05) is 25.7 Å². The normalized spacial score (nSPS) is 22.4. The molecule has 9 nitrogen and oxygen atoms in total. The molecule has 1 aromatic carbocycles. The summed E-state index contributed by atoms with van der Waals surface area (Å²) in [5.41, 5.74) is -0.377. The van der Waals surface area contributed by atoms with Gasteiger partial charge < -0.3 is 19.6 Å². The first kappa shape index (κ1) is 27.3. The molecule has 192 valence electrons. The van der Waals surface area contributed by atoms with Crippen LogP contribution in [-0.4, -0.2) is 66.9 Å². The first-order valence-corrected chi connectivity index (χ1v) is 12.4. The van der Waals surface area contributed by atoms with E-state index < -0.39 is 40.4 Å². The molecule has 0 saturated carbocycles. The number of hydrogen-bond donors (Lipinski definition) is 2. The fourth-order valence-electron chi connectivity index (χ4n) is 4.49. The molecule has 1 aromatic rings. The van der Waals surface area contributed by atoms with Crippen molar-refractivity contribution in [2.24, 2.45) is 5.41 Å². The Morgan fingerprint density at radius 3 is 2.51 bits per heavy atom. The molecule has 2 heterocycles. The summed E-state index contributed by atoms with van der Waals surface area (Å²) in [6.07, 6.45) is 2.53. The van der Waals surface area contributed by atoms with Gasteiger partial charge in [-0.1, -0.05) is 44.5 Å².